The second-order valence-corrected chi connectivity index (χ2v) is 3.63. The van der Waals surface area contributed by atoms with Crippen LogP contribution in [0, 0.1) is 0 Å². The molecule has 0 rings (SSSR count). The molecule has 0 amide bonds. The molecule has 0 saturated heterocycles. The number of hydrogen-bond acceptors (Lipinski definition) is 4. The normalized spacial score (nSPS) is 11.8. The Labute approximate surface area is 61.3 Å². The van der Waals surface area contributed by atoms with E-state index in [1.54, 1.807) is 0 Å². The molecule has 0 fully saturated rings. The van der Waals surface area contributed by atoms with Crippen molar-refractivity contribution >= 4 is 10.1 Å². The predicted octanol–water partition coefficient (Wildman–Crippen LogP) is -0.000900. The summed E-state index contributed by atoms with van der Waals surface area (Å²) in [5.41, 5.74) is 0. The van der Waals surface area contributed by atoms with Gasteiger partial charge in [0.2, 0.25) is 0 Å². The summed E-state index contributed by atoms with van der Waals surface area (Å²) in [5.74, 6) is 0.0251. The molecule has 0 spiro atoms. The summed E-state index contributed by atoms with van der Waals surface area (Å²) in [6.45, 7) is 0.447. The van der Waals surface area contributed by atoms with Gasteiger partial charge in [-0.15, -0.1) is 0 Å². The SMILES string of the molecule is COCCCS(=O)(=O)OC. The van der Waals surface area contributed by atoms with Crippen molar-refractivity contribution in [3.8, 4) is 0 Å². The van der Waals surface area contributed by atoms with E-state index >= 15 is 0 Å². The maximum absolute atomic E-state index is 10.6. The fourth-order valence-electron chi connectivity index (χ4n) is 0.463. The van der Waals surface area contributed by atoms with Gasteiger partial charge in [0.15, 0.2) is 0 Å². The van der Waals surface area contributed by atoms with Crippen molar-refractivity contribution in [3.05, 3.63) is 0 Å². The highest BCUT2D eigenvalue weighted by Gasteiger charge is 2.06. The Bertz CT molecular complexity index is 160. The van der Waals surface area contributed by atoms with E-state index in [4.69, 9.17) is 0 Å². The minimum absolute atomic E-state index is 0.0251. The van der Waals surface area contributed by atoms with Gasteiger partial charge in [-0.2, -0.15) is 8.42 Å². The van der Waals surface area contributed by atoms with E-state index in [2.05, 4.69) is 8.92 Å². The van der Waals surface area contributed by atoms with Crippen molar-refractivity contribution in [1.82, 2.24) is 0 Å². The maximum atomic E-state index is 10.6. The molecule has 0 aliphatic heterocycles. The fourth-order valence-corrected chi connectivity index (χ4v) is 1.10. The van der Waals surface area contributed by atoms with E-state index in [1.165, 1.54) is 7.11 Å². The lowest BCUT2D eigenvalue weighted by Crippen LogP contribution is -2.09. The zero-order valence-corrected chi connectivity index (χ0v) is 6.98. The van der Waals surface area contributed by atoms with Gasteiger partial charge in [-0.05, 0) is 6.42 Å². The predicted molar refractivity (Wildman–Crippen MR) is 37.3 cm³/mol. The van der Waals surface area contributed by atoms with Crippen LogP contribution in [0.5, 0.6) is 0 Å². The largest absolute Gasteiger partial charge is 0.385 e. The molecule has 0 saturated carbocycles. The van der Waals surface area contributed by atoms with Crippen LogP contribution in [0.25, 0.3) is 0 Å². The zero-order chi connectivity index (χ0) is 8.04. The first-order chi connectivity index (χ1) is 4.62. The first kappa shape index (κ1) is 9.87. The van der Waals surface area contributed by atoms with Gasteiger partial charge in [-0.1, -0.05) is 0 Å². The van der Waals surface area contributed by atoms with Crippen LogP contribution in [0.15, 0.2) is 0 Å². The molecule has 62 valence electrons. The number of rotatable bonds is 5. The average molecular weight is 168 g/mol. The summed E-state index contributed by atoms with van der Waals surface area (Å²) in [5, 5.41) is 0. The van der Waals surface area contributed by atoms with Crippen LogP contribution in [-0.4, -0.2) is 35.0 Å². The van der Waals surface area contributed by atoms with Crippen molar-refractivity contribution in [1.29, 1.82) is 0 Å². The molecule has 0 aromatic rings. The van der Waals surface area contributed by atoms with Gasteiger partial charge < -0.3 is 4.74 Å². The summed E-state index contributed by atoms with van der Waals surface area (Å²) < 4.78 is 30.1. The van der Waals surface area contributed by atoms with E-state index < -0.39 is 10.1 Å². The molecule has 0 heterocycles. The molecular formula is C5H12O4S. The third-order valence-corrected chi connectivity index (χ3v) is 2.29. The first-order valence-corrected chi connectivity index (χ1v) is 4.47. The van der Waals surface area contributed by atoms with Crippen molar-refractivity contribution in [2.45, 2.75) is 6.42 Å². The van der Waals surface area contributed by atoms with E-state index in [1.807, 2.05) is 0 Å². The second-order valence-electron chi connectivity index (χ2n) is 1.77. The minimum Gasteiger partial charge on any atom is -0.385 e. The van der Waals surface area contributed by atoms with Gasteiger partial charge in [-0.25, -0.2) is 0 Å². The van der Waals surface area contributed by atoms with Gasteiger partial charge in [0.25, 0.3) is 10.1 Å². The number of ether oxygens (including phenoxy) is 1. The summed E-state index contributed by atoms with van der Waals surface area (Å²) in [4.78, 5) is 0. The van der Waals surface area contributed by atoms with Crippen LogP contribution in [0.1, 0.15) is 6.42 Å². The van der Waals surface area contributed by atoms with E-state index in [9.17, 15) is 8.42 Å². The quantitative estimate of drug-likeness (QED) is 0.428. The van der Waals surface area contributed by atoms with E-state index in [0.29, 0.717) is 13.0 Å². The van der Waals surface area contributed by atoms with Gasteiger partial charge in [0.1, 0.15) is 0 Å². The molecule has 0 aromatic heterocycles. The topological polar surface area (TPSA) is 52.6 Å². The van der Waals surface area contributed by atoms with Gasteiger partial charge in [-0.3, -0.25) is 4.18 Å². The highest BCUT2D eigenvalue weighted by molar-refractivity contribution is 7.86. The van der Waals surface area contributed by atoms with Crippen LogP contribution < -0.4 is 0 Å². The molecule has 0 bridgehead atoms. The zero-order valence-electron chi connectivity index (χ0n) is 6.16. The van der Waals surface area contributed by atoms with Crippen LogP contribution in [0.4, 0.5) is 0 Å². The maximum Gasteiger partial charge on any atom is 0.267 e. The lowest BCUT2D eigenvalue weighted by molar-refractivity contribution is 0.199. The Hall–Kier alpha value is -0.130. The fraction of sp³-hybridized carbons (Fsp3) is 1.00. The smallest absolute Gasteiger partial charge is 0.267 e. The third kappa shape index (κ3) is 4.72. The molecular weight excluding hydrogens is 156 g/mol. The Morgan fingerprint density at radius 1 is 1.30 bits per heavy atom. The van der Waals surface area contributed by atoms with Gasteiger partial charge in [0, 0.05) is 13.7 Å². The number of methoxy groups -OCH3 is 1. The van der Waals surface area contributed by atoms with Crippen LogP contribution in [0.3, 0.4) is 0 Å². The summed E-state index contributed by atoms with van der Waals surface area (Å²) in [7, 11) is -0.590. The van der Waals surface area contributed by atoms with Crippen molar-refractivity contribution in [2.24, 2.45) is 0 Å². The Kier molecular flexibility index (Phi) is 4.59. The Morgan fingerprint density at radius 3 is 2.30 bits per heavy atom. The lowest BCUT2D eigenvalue weighted by Gasteiger charge is -1.98. The molecule has 0 N–H and O–H groups in total. The van der Waals surface area contributed by atoms with Crippen molar-refractivity contribution < 1.29 is 17.3 Å². The standard InChI is InChI=1S/C5H12O4S/c1-8-4-3-5-10(6,7)9-2/h3-5H2,1-2H3. The molecule has 0 aliphatic carbocycles. The third-order valence-electron chi connectivity index (χ3n) is 0.997. The van der Waals surface area contributed by atoms with Crippen molar-refractivity contribution in [2.75, 3.05) is 26.6 Å². The molecule has 0 aliphatic rings. The Balaban J connectivity index is 3.49. The highest BCUT2D eigenvalue weighted by atomic mass is 32.2. The van der Waals surface area contributed by atoms with Crippen LogP contribution >= 0.6 is 0 Å². The molecule has 0 atom stereocenters. The lowest BCUT2D eigenvalue weighted by atomic mass is 10.5. The monoisotopic (exact) mass is 168 g/mol. The molecule has 0 radical (unpaired) electrons. The molecule has 0 unspecified atom stereocenters. The van der Waals surface area contributed by atoms with Gasteiger partial charge in [0.05, 0.1) is 12.9 Å². The second kappa shape index (κ2) is 4.65. The molecule has 10 heavy (non-hydrogen) atoms. The molecule has 0 aromatic carbocycles. The molecule has 4 nitrogen and oxygen atoms in total. The summed E-state index contributed by atoms with van der Waals surface area (Å²) in [6, 6.07) is 0. The summed E-state index contributed by atoms with van der Waals surface area (Å²) in [6.07, 6.45) is 0.479. The molecule has 5 heteroatoms. The Morgan fingerprint density at radius 2 is 1.90 bits per heavy atom. The van der Waals surface area contributed by atoms with Crippen LogP contribution in [-0.2, 0) is 19.0 Å². The van der Waals surface area contributed by atoms with E-state index in [-0.39, 0.29) is 5.75 Å². The summed E-state index contributed by atoms with van der Waals surface area (Å²) >= 11 is 0. The average Bonchev–Trinajstić information content (AvgIpc) is 1.89. The minimum atomic E-state index is -3.27. The van der Waals surface area contributed by atoms with Gasteiger partial charge >= 0.3 is 0 Å². The highest BCUT2D eigenvalue weighted by Crippen LogP contribution is 1.93. The first-order valence-electron chi connectivity index (χ1n) is 2.89. The van der Waals surface area contributed by atoms with E-state index in [0.717, 1.165) is 7.11 Å². The van der Waals surface area contributed by atoms with Crippen molar-refractivity contribution in [3.63, 3.8) is 0 Å². The van der Waals surface area contributed by atoms with Crippen LogP contribution in [0.2, 0.25) is 0 Å². The number of hydrogen-bond donors (Lipinski definition) is 0.